The first-order valence-electron chi connectivity index (χ1n) is 5.34. The van der Waals surface area contributed by atoms with Crippen LogP contribution in [0.25, 0.3) is 0 Å². The molecule has 1 atom stereocenters. The Labute approximate surface area is 98.6 Å². The molecular weight excluding hydrogens is 222 g/mol. The van der Waals surface area contributed by atoms with Gasteiger partial charge in [0, 0.05) is 25.4 Å². The van der Waals surface area contributed by atoms with Gasteiger partial charge in [-0.2, -0.15) is 0 Å². The molecule has 2 aliphatic heterocycles. The number of aromatic nitrogens is 1. The molecular formula is C11H13N3OS. The third-order valence-electron chi connectivity index (χ3n) is 3.13. The molecule has 3 heterocycles. The van der Waals surface area contributed by atoms with Gasteiger partial charge in [0.1, 0.15) is 0 Å². The van der Waals surface area contributed by atoms with E-state index in [9.17, 15) is 4.79 Å². The minimum atomic E-state index is 0.103. The van der Waals surface area contributed by atoms with E-state index in [2.05, 4.69) is 9.88 Å². The maximum atomic E-state index is 11.6. The highest BCUT2D eigenvalue weighted by atomic mass is 32.2. The number of thioether (sulfide) groups is 1. The second kappa shape index (κ2) is 3.66. The molecule has 1 amide bonds. The van der Waals surface area contributed by atoms with Crippen molar-refractivity contribution < 1.29 is 4.79 Å². The van der Waals surface area contributed by atoms with Crippen molar-refractivity contribution >= 4 is 29.0 Å². The third-order valence-corrected chi connectivity index (χ3v) is 4.21. The molecule has 5 heteroatoms. The zero-order chi connectivity index (χ0) is 11.1. The van der Waals surface area contributed by atoms with E-state index >= 15 is 0 Å². The zero-order valence-corrected chi connectivity index (χ0v) is 9.91. The van der Waals surface area contributed by atoms with Crippen molar-refractivity contribution in [2.24, 2.45) is 0 Å². The molecule has 0 bridgehead atoms. The van der Waals surface area contributed by atoms with Crippen LogP contribution in [0.15, 0.2) is 18.5 Å². The van der Waals surface area contributed by atoms with Crippen LogP contribution in [0.4, 0.5) is 11.4 Å². The molecule has 4 nitrogen and oxygen atoms in total. The summed E-state index contributed by atoms with van der Waals surface area (Å²) < 4.78 is 0. The van der Waals surface area contributed by atoms with Crippen LogP contribution in [-0.2, 0) is 4.79 Å². The van der Waals surface area contributed by atoms with Crippen molar-refractivity contribution in [2.75, 3.05) is 28.0 Å². The summed E-state index contributed by atoms with van der Waals surface area (Å²) in [5.41, 5.74) is 2.10. The van der Waals surface area contributed by atoms with Crippen molar-refractivity contribution in [2.45, 2.75) is 13.0 Å². The van der Waals surface area contributed by atoms with Crippen LogP contribution in [-0.4, -0.2) is 35.1 Å². The van der Waals surface area contributed by atoms with E-state index in [-0.39, 0.29) is 5.91 Å². The van der Waals surface area contributed by atoms with Gasteiger partial charge in [0.05, 0.1) is 29.5 Å². The molecule has 0 aliphatic carbocycles. The summed E-state index contributed by atoms with van der Waals surface area (Å²) >= 11 is 1.92. The summed E-state index contributed by atoms with van der Waals surface area (Å²) in [6, 6.07) is 2.47. The molecule has 0 spiro atoms. The van der Waals surface area contributed by atoms with Gasteiger partial charge in [-0.3, -0.25) is 9.78 Å². The fourth-order valence-corrected chi connectivity index (χ4v) is 3.55. The predicted octanol–water partition coefficient (Wildman–Crippen LogP) is 1.33. The second-order valence-corrected chi connectivity index (χ2v) is 5.12. The molecule has 1 aromatic rings. The number of carbonyl (C=O) groups is 1. The van der Waals surface area contributed by atoms with Crippen molar-refractivity contribution in [3.05, 3.63) is 18.5 Å². The van der Waals surface area contributed by atoms with Crippen LogP contribution < -0.4 is 9.80 Å². The van der Waals surface area contributed by atoms with Crippen molar-refractivity contribution in [1.82, 2.24) is 4.98 Å². The summed E-state index contributed by atoms with van der Waals surface area (Å²) in [5, 5.41) is 0. The minimum Gasteiger partial charge on any atom is -0.355 e. The van der Waals surface area contributed by atoms with Gasteiger partial charge in [-0.15, -0.1) is 11.8 Å². The van der Waals surface area contributed by atoms with Crippen molar-refractivity contribution in [1.29, 1.82) is 0 Å². The molecule has 0 radical (unpaired) electrons. The molecule has 16 heavy (non-hydrogen) atoms. The number of amides is 1. The molecule has 2 aliphatic rings. The van der Waals surface area contributed by atoms with Gasteiger partial charge in [0.25, 0.3) is 0 Å². The summed E-state index contributed by atoms with van der Waals surface area (Å²) in [6.45, 7) is 2.41. The van der Waals surface area contributed by atoms with E-state index in [1.54, 1.807) is 19.3 Å². The van der Waals surface area contributed by atoms with E-state index in [0.717, 1.165) is 29.5 Å². The zero-order valence-electron chi connectivity index (χ0n) is 9.09. The van der Waals surface area contributed by atoms with Crippen LogP contribution in [0.3, 0.4) is 0 Å². The van der Waals surface area contributed by atoms with Gasteiger partial charge in [-0.1, -0.05) is 0 Å². The normalized spacial score (nSPS) is 22.9. The van der Waals surface area contributed by atoms with Crippen LogP contribution in [0.2, 0.25) is 0 Å². The van der Waals surface area contributed by atoms with Gasteiger partial charge >= 0.3 is 0 Å². The number of hydrogen-bond donors (Lipinski definition) is 0. The van der Waals surface area contributed by atoms with E-state index in [1.165, 1.54) is 0 Å². The quantitative estimate of drug-likeness (QED) is 0.679. The van der Waals surface area contributed by atoms with Gasteiger partial charge in [0.15, 0.2) is 0 Å². The maximum absolute atomic E-state index is 11.6. The van der Waals surface area contributed by atoms with E-state index in [4.69, 9.17) is 0 Å². The van der Waals surface area contributed by atoms with Crippen LogP contribution in [0, 0.1) is 0 Å². The maximum Gasteiger partial charge on any atom is 0.224 e. The molecule has 1 saturated heterocycles. The average molecular weight is 235 g/mol. The smallest absolute Gasteiger partial charge is 0.224 e. The third kappa shape index (κ3) is 1.38. The Morgan fingerprint density at radius 3 is 3.25 bits per heavy atom. The number of pyridine rings is 1. The molecule has 0 saturated carbocycles. The summed E-state index contributed by atoms with van der Waals surface area (Å²) in [7, 11) is 0. The van der Waals surface area contributed by atoms with Crippen LogP contribution in [0.1, 0.15) is 6.92 Å². The number of nitrogens with zero attached hydrogens (tertiary/aromatic N) is 3. The lowest BCUT2D eigenvalue weighted by Gasteiger charge is -2.38. The highest BCUT2D eigenvalue weighted by Gasteiger charge is 2.35. The highest BCUT2D eigenvalue weighted by Crippen LogP contribution is 2.39. The highest BCUT2D eigenvalue weighted by molar-refractivity contribution is 7.99. The van der Waals surface area contributed by atoms with E-state index in [0.29, 0.717) is 6.04 Å². The molecule has 0 aromatic carbocycles. The van der Waals surface area contributed by atoms with Gasteiger partial charge in [-0.05, 0) is 6.07 Å². The summed E-state index contributed by atoms with van der Waals surface area (Å²) in [5.74, 6) is 2.23. The Hall–Kier alpha value is -1.23. The SMILES string of the molecule is CC(=O)N1C[C@H]2CSCN2c2ccncc21. The number of hydrogen-bond acceptors (Lipinski definition) is 4. The largest absolute Gasteiger partial charge is 0.355 e. The van der Waals surface area contributed by atoms with E-state index < -0.39 is 0 Å². The molecule has 3 rings (SSSR count). The Kier molecular flexibility index (Phi) is 2.28. The predicted molar refractivity (Wildman–Crippen MR) is 65.9 cm³/mol. The number of rotatable bonds is 0. The van der Waals surface area contributed by atoms with Crippen molar-refractivity contribution in [3.63, 3.8) is 0 Å². The number of anilines is 2. The first kappa shape index (κ1) is 9.96. The molecule has 1 aromatic heterocycles. The Balaban J connectivity index is 2.09. The average Bonchev–Trinajstić information content (AvgIpc) is 2.75. The topological polar surface area (TPSA) is 36.4 Å². The summed E-state index contributed by atoms with van der Waals surface area (Å²) in [6.07, 6.45) is 3.58. The lowest BCUT2D eigenvalue weighted by Crippen LogP contribution is -2.48. The molecule has 0 unspecified atom stereocenters. The molecule has 1 fully saturated rings. The standard InChI is InChI=1S/C11H13N3OS/c1-8(15)13-5-9-6-16-7-14(9)10-2-3-12-4-11(10)13/h2-4,9H,5-7H2,1H3/t9-/m0/s1. The first-order chi connectivity index (χ1) is 7.77. The van der Waals surface area contributed by atoms with Gasteiger partial charge in [0.2, 0.25) is 5.91 Å². The Morgan fingerprint density at radius 2 is 2.44 bits per heavy atom. The van der Waals surface area contributed by atoms with Crippen LogP contribution in [0.5, 0.6) is 0 Å². The lowest BCUT2D eigenvalue weighted by atomic mass is 10.1. The first-order valence-corrected chi connectivity index (χ1v) is 6.49. The lowest BCUT2D eigenvalue weighted by molar-refractivity contribution is -0.116. The Bertz CT molecular complexity index is 437. The fraction of sp³-hybridized carbons (Fsp3) is 0.455. The fourth-order valence-electron chi connectivity index (χ4n) is 2.34. The number of carbonyl (C=O) groups excluding carboxylic acids is 1. The molecule has 84 valence electrons. The van der Waals surface area contributed by atoms with Crippen molar-refractivity contribution in [3.8, 4) is 0 Å². The minimum absolute atomic E-state index is 0.103. The summed E-state index contributed by atoms with van der Waals surface area (Å²) in [4.78, 5) is 20.0. The number of fused-ring (bicyclic) bond motifs is 3. The second-order valence-electron chi connectivity index (χ2n) is 4.12. The monoisotopic (exact) mass is 235 g/mol. The van der Waals surface area contributed by atoms with Crippen LogP contribution >= 0.6 is 11.8 Å². The van der Waals surface area contributed by atoms with E-state index in [1.807, 2.05) is 22.7 Å². The van der Waals surface area contributed by atoms with Gasteiger partial charge in [-0.25, -0.2) is 0 Å². The molecule has 0 N–H and O–H groups in total. The van der Waals surface area contributed by atoms with Gasteiger partial charge < -0.3 is 9.80 Å². The Morgan fingerprint density at radius 1 is 1.56 bits per heavy atom.